The average Bonchev–Trinajstić information content (AvgIpc) is 3.13. The summed E-state index contributed by atoms with van der Waals surface area (Å²) in [7, 11) is 0. The summed E-state index contributed by atoms with van der Waals surface area (Å²) in [6.45, 7) is 2.28. The van der Waals surface area contributed by atoms with Crippen molar-refractivity contribution in [2.24, 2.45) is 4.99 Å². The molecule has 1 saturated heterocycles. The fraction of sp³-hybridized carbons (Fsp3) is 0.0800. The lowest BCUT2D eigenvalue weighted by Gasteiger charge is -2.13. The van der Waals surface area contributed by atoms with E-state index in [4.69, 9.17) is 4.74 Å². The van der Waals surface area contributed by atoms with E-state index in [-0.39, 0.29) is 12.5 Å². The molecular weight excluding hydrogens is 660 g/mol. The normalized spacial score (nSPS) is 15.5. The predicted octanol–water partition coefficient (Wildman–Crippen LogP) is 6.55. The number of amides is 1. The smallest absolute Gasteiger partial charge is 0.264 e. The van der Waals surface area contributed by atoms with Gasteiger partial charge in [-0.3, -0.25) is 4.79 Å². The van der Waals surface area contributed by atoms with E-state index in [2.05, 4.69) is 61.6 Å². The molecule has 0 aliphatic carbocycles. The number of aryl methyl sites for hydroxylation is 1. The Labute approximate surface area is 223 Å². The fourth-order valence-electron chi connectivity index (χ4n) is 3.10. The number of hydrogen-bond donors (Lipinski definition) is 1. The zero-order valence-electron chi connectivity index (χ0n) is 17.4. The first-order valence-electron chi connectivity index (χ1n) is 9.89. The summed E-state index contributed by atoms with van der Waals surface area (Å²) in [6, 6.07) is 21.4. The number of benzene rings is 3. The molecule has 1 aliphatic rings. The molecule has 8 heteroatoms. The third kappa shape index (κ3) is 5.96. The zero-order valence-corrected chi connectivity index (χ0v) is 22.6. The van der Waals surface area contributed by atoms with Crippen molar-refractivity contribution < 1.29 is 9.53 Å². The fourth-order valence-corrected chi connectivity index (χ4v) is 5.98. The van der Waals surface area contributed by atoms with Crippen molar-refractivity contribution in [2.75, 3.05) is 0 Å². The molecule has 1 heterocycles. The van der Waals surface area contributed by atoms with Crippen LogP contribution in [0.15, 0.2) is 70.6 Å². The molecular formula is C25H17I2N3O2S. The topological polar surface area (TPSA) is 74.5 Å². The van der Waals surface area contributed by atoms with Crippen molar-refractivity contribution in [1.29, 1.82) is 5.26 Å². The SMILES string of the molecule is Cc1ccc(N=C2NC(=O)/C(=C\c3cc(I)cc(I)c3OCc3ccccc3C#N)S2)cc1. The van der Waals surface area contributed by atoms with E-state index in [1.807, 2.05) is 67.6 Å². The highest BCUT2D eigenvalue weighted by atomic mass is 127. The van der Waals surface area contributed by atoms with Gasteiger partial charge in [0.05, 0.1) is 25.8 Å². The molecule has 3 aromatic rings. The highest BCUT2D eigenvalue weighted by Crippen LogP contribution is 2.34. The van der Waals surface area contributed by atoms with Crippen molar-refractivity contribution in [1.82, 2.24) is 5.32 Å². The maximum absolute atomic E-state index is 12.6. The van der Waals surface area contributed by atoms with Crippen LogP contribution in [0.3, 0.4) is 0 Å². The van der Waals surface area contributed by atoms with Gasteiger partial charge in [-0.1, -0.05) is 35.9 Å². The first-order chi connectivity index (χ1) is 15.9. The highest BCUT2D eigenvalue weighted by Gasteiger charge is 2.25. The Bertz CT molecular complexity index is 1330. The van der Waals surface area contributed by atoms with Crippen LogP contribution in [0, 0.1) is 25.4 Å². The van der Waals surface area contributed by atoms with E-state index in [1.54, 1.807) is 6.07 Å². The van der Waals surface area contributed by atoms with Crippen LogP contribution in [-0.4, -0.2) is 11.1 Å². The van der Waals surface area contributed by atoms with Gasteiger partial charge in [-0.25, -0.2) is 4.99 Å². The molecule has 5 nitrogen and oxygen atoms in total. The summed E-state index contributed by atoms with van der Waals surface area (Å²) in [5.74, 6) is 0.481. The van der Waals surface area contributed by atoms with E-state index in [0.29, 0.717) is 21.4 Å². The van der Waals surface area contributed by atoms with E-state index in [1.165, 1.54) is 11.8 Å². The lowest BCUT2D eigenvalue weighted by molar-refractivity contribution is -0.115. The number of rotatable bonds is 5. The molecule has 0 bridgehead atoms. The summed E-state index contributed by atoms with van der Waals surface area (Å²) in [5, 5.41) is 12.7. The van der Waals surface area contributed by atoms with E-state index in [9.17, 15) is 10.1 Å². The van der Waals surface area contributed by atoms with Gasteiger partial charge >= 0.3 is 0 Å². The minimum Gasteiger partial charge on any atom is -0.487 e. The second kappa shape index (κ2) is 10.7. The molecule has 33 heavy (non-hydrogen) atoms. The molecule has 0 spiro atoms. The maximum Gasteiger partial charge on any atom is 0.264 e. The quantitative estimate of drug-likeness (QED) is 0.246. The summed E-state index contributed by atoms with van der Waals surface area (Å²) < 4.78 is 8.11. The van der Waals surface area contributed by atoms with Gasteiger partial charge in [-0.2, -0.15) is 5.26 Å². The number of thioether (sulfide) groups is 1. The largest absolute Gasteiger partial charge is 0.487 e. The van der Waals surface area contributed by atoms with Gasteiger partial charge in [0.2, 0.25) is 0 Å². The predicted molar refractivity (Wildman–Crippen MR) is 149 cm³/mol. The van der Waals surface area contributed by atoms with E-state index in [0.717, 1.165) is 29.5 Å². The van der Waals surface area contributed by atoms with Crippen molar-refractivity contribution in [2.45, 2.75) is 13.5 Å². The van der Waals surface area contributed by atoms with E-state index < -0.39 is 0 Å². The summed E-state index contributed by atoms with van der Waals surface area (Å²) >= 11 is 5.78. The van der Waals surface area contributed by atoms with Gasteiger partial charge < -0.3 is 10.1 Å². The van der Waals surface area contributed by atoms with Gasteiger partial charge in [0.1, 0.15) is 12.4 Å². The number of amidine groups is 1. The monoisotopic (exact) mass is 677 g/mol. The second-order valence-corrected chi connectivity index (χ2v) is 10.6. The van der Waals surface area contributed by atoms with Crippen LogP contribution in [0.2, 0.25) is 0 Å². The van der Waals surface area contributed by atoms with Crippen LogP contribution in [0.5, 0.6) is 5.75 Å². The molecule has 0 radical (unpaired) electrons. The Morgan fingerprint density at radius 3 is 2.67 bits per heavy atom. The number of carbonyl (C=O) groups is 1. The van der Waals surface area contributed by atoms with E-state index >= 15 is 0 Å². The van der Waals surface area contributed by atoms with Gasteiger partial charge in [-0.15, -0.1) is 0 Å². The van der Waals surface area contributed by atoms with Crippen LogP contribution in [-0.2, 0) is 11.4 Å². The summed E-state index contributed by atoms with van der Waals surface area (Å²) in [4.78, 5) is 17.7. The van der Waals surface area contributed by atoms with Gasteiger partial charge in [-0.05, 0) is 100 Å². The van der Waals surface area contributed by atoms with Crippen molar-refractivity contribution in [3.05, 3.63) is 95.0 Å². The molecule has 0 atom stereocenters. The Morgan fingerprint density at radius 2 is 1.91 bits per heavy atom. The Balaban J connectivity index is 1.61. The molecule has 1 fully saturated rings. The van der Waals surface area contributed by atoms with Crippen LogP contribution in [0.1, 0.15) is 22.3 Å². The second-order valence-electron chi connectivity index (χ2n) is 7.18. The van der Waals surface area contributed by atoms with Crippen LogP contribution in [0.25, 0.3) is 6.08 Å². The van der Waals surface area contributed by atoms with Crippen molar-refractivity contribution in [3.63, 3.8) is 0 Å². The third-order valence-electron chi connectivity index (χ3n) is 4.75. The van der Waals surface area contributed by atoms with Gasteiger partial charge in [0, 0.05) is 14.7 Å². The lowest BCUT2D eigenvalue weighted by atomic mass is 10.1. The zero-order chi connectivity index (χ0) is 23.4. The Hall–Kier alpha value is -2.36. The number of hydrogen-bond acceptors (Lipinski definition) is 5. The van der Waals surface area contributed by atoms with Crippen LogP contribution >= 0.6 is 56.9 Å². The molecule has 4 rings (SSSR count). The first kappa shape index (κ1) is 23.8. The molecule has 1 aliphatic heterocycles. The number of nitrogens with one attached hydrogen (secondary N) is 1. The lowest BCUT2D eigenvalue weighted by Crippen LogP contribution is -2.19. The minimum atomic E-state index is -0.194. The Kier molecular flexibility index (Phi) is 7.72. The average molecular weight is 677 g/mol. The summed E-state index contributed by atoms with van der Waals surface area (Å²) in [6.07, 6.45) is 1.83. The number of carbonyl (C=O) groups excluding carboxylic acids is 1. The van der Waals surface area contributed by atoms with Crippen LogP contribution < -0.4 is 10.1 Å². The molecule has 164 valence electrons. The molecule has 1 N–H and O–H groups in total. The van der Waals surface area contributed by atoms with Crippen LogP contribution in [0.4, 0.5) is 5.69 Å². The number of aliphatic imine (C=N–C) groups is 1. The standard InChI is InChI=1S/C25H17I2N3O2S/c1-15-6-8-20(9-7-15)29-25-30-24(31)22(33-25)11-18-10-19(26)12-21(27)23(18)32-14-17-5-3-2-4-16(17)13-28/h2-12H,14H2,1H3,(H,29,30,31)/b22-11+. The number of nitrogens with zero attached hydrogens (tertiary/aromatic N) is 2. The Morgan fingerprint density at radius 1 is 1.15 bits per heavy atom. The third-order valence-corrected chi connectivity index (χ3v) is 7.08. The molecule has 0 unspecified atom stereocenters. The van der Waals surface area contributed by atoms with Gasteiger partial charge in [0.25, 0.3) is 5.91 Å². The maximum atomic E-state index is 12.6. The van der Waals surface area contributed by atoms with Crippen molar-refractivity contribution in [3.8, 4) is 11.8 Å². The number of ether oxygens (including phenoxy) is 1. The summed E-state index contributed by atoms with van der Waals surface area (Å²) in [5.41, 5.74) is 4.14. The molecule has 0 aromatic heterocycles. The number of nitriles is 1. The van der Waals surface area contributed by atoms with Gasteiger partial charge in [0.15, 0.2) is 5.17 Å². The highest BCUT2D eigenvalue weighted by molar-refractivity contribution is 14.1. The number of halogens is 2. The van der Waals surface area contributed by atoms with Crippen molar-refractivity contribution >= 4 is 79.8 Å². The molecule has 1 amide bonds. The first-order valence-corrected chi connectivity index (χ1v) is 12.9. The minimum absolute atomic E-state index is 0.194. The molecule has 3 aromatic carbocycles. The molecule has 0 saturated carbocycles.